The number of hydrogen-bond donors (Lipinski definition) is 0. The quantitative estimate of drug-likeness (QED) is 0.390. The fourth-order valence-corrected chi connectivity index (χ4v) is 3.98. The standard InChI is InChI=1S/C24H32O3/c1-7-17-12-19(13-20-22(17)27-15-23(20,4)5)24(6)14-18(24)10-9-16(3)11-21(25)26-8-2/h9-13,18H,7-8,14-15H2,1-6H3/b10-9+,16-11+/t18-,24+/m1/s1. The molecule has 0 saturated heterocycles. The molecular formula is C24H32O3. The summed E-state index contributed by atoms with van der Waals surface area (Å²) in [7, 11) is 0. The third-order valence-electron chi connectivity index (χ3n) is 6.04. The van der Waals surface area contributed by atoms with Crippen LogP contribution in [0.3, 0.4) is 0 Å². The Morgan fingerprint density at radius 2 is 2.04 bits per heavy atom. The summed E-state index contributed by atoms with van der Waals surface area (Å²) in [6, 6.07) is 4.71. The molecule has 0 amide bonds. The van der Waals surface area contributed by atoms with E-state index in [4.69, 9.17) is 9.47 Å². The van der Waals surface area contributed by atoms with E-state index in [0.29, 0.717) is 12.5 Å². The predicted octanol–water partition coefficient (Wildman–Crippen LogP) is 5.26. The van der Waals surface area contributed by atoms with Crippen LogP contribution >= 0.6 is 0 Å². The summed E-state index contributed by atoms with van der Waals surface area (Å²) < 4.78 is 11.0. The first-order valence-electron chi connectivity index (χ1n) is 10.0. The second-order valence-electron chi connectivity index (χ2n) is 8.77. The van der Waals surface area contributed by atoms with E-state index in [-0.39, 0.29) is 16.8 Å². The van der Waals surface area contributed by atoms with Crippen molar-refractivity contribution in [3.05, 3.63) is 52.6 Å². The molecule has 0 spiro atoms. The summed E-state index contributed by atoms with van der Waals surface area (Å²) >= 11 is 0. The third-order valence-corrected chi connectivity index (χ3v) is 6.04. The lowest BCUT2D eigenvalue weighted by molar-refractivity contribution is -0.137. The van der Waals surface area contributed by atoms with Gasteiger partial charge < -0.3 is 9.47 Å². The number of allylic oxidation sites excluding steroid dienone is 3. The fourth-order valence-electron chi connectivity index (χ4n) is 3.98. The van der Waals surface area contributed by atoms with Gasteiger partial charge >= 0.3 is 5.97 Å². The Hall–Kier alpha value is -2.03. The molecule has 0 aromatic heterocycles. The van der Waals surface area contributed by atoms with Crippen molar-refractivity contribution >= 4 is 5.97 Å². The van der Waals surface area contributed by atoms with Crippen molar-refractivity contribution in [1.82, 2.24) is 0 Å². The number of ether oxygens (including phenoxy) is 2. The zero-order chi connectivity index (χ0) is 19.8. The molecular weight excluding hydrogens is 336 g/mol. The number of aryl methyl sites for hydroxylation is 1. The molecule has 1 aliphatic heterocycles. The maximum atomic E-state index is 11.6. The molecule has 0 radical (unpaired) electrons. The van der Waals surface area contributed by atoms with E-state index in [0.717, 1.165) is 30.8 Å². The zero-order valence-corrected chi connectivity index (χ0v) is 17.5. The highest BCUT2D eigenvalue weighted by Gasteiger charge is 2.50. The summed E-state index contributed by atoms with van der Waals surface area (Å²) in [6.07, 6.45) is 7.98. The van der Waals surface area contributed by atoms with Gasteiger partial charge in [-0.3, -0.25) is 0 Å². The molecule has 0 bridgehead atoms. The van der Waals surface area contributed by atoms with Crippen LogP contribution in [0.15, 0.2) is 35.9 Å². The Bertz CT molecular complexity index is 800. The van der Waals surface area contributed by atoms with Crippen molar-refractivity contribution in [2.24, 2.45) is 5.92 Å². The van der Waals surface area contributed by atoms with E-state index in [1.807, 2.05) is 19.9 Å². The Morgan fingerprint density at radius 3 is 2.70 bits per heavy atom. The molecule has 3 nitrogen and oxygen atoms in total. The molecule has 1 fully saturated rings. The molecule has 3 rings (SSSR count). The van der Waals surface area contributed by atoms with Gasteiger partial charge in [-0.1, -0.05) is 52.0 Å². The first kappa shape index (κ1) is 19.7. The van der Waals surface area contributed by atoms with Gasteiger partial charge in [0.1, 0.15) is 5.75 Å². The molecule has 0 unspecified atom stereocenters. The summed E-state index contributed by atoms with van der Waals surface area (Å²) in [5.41, 5.74) is 5.26. The van der Waals surface area contributed by atoms with Crippen LogP contribution in [0.5, 0.6) is 5.75 Å². The van der Waals surface area contributed by atoms with Gasteiger partial charge in [-0.05, 0) is 54.7 Å². The Balaban J connectivity index is 1.80. The summed E-state index contributed by atoms with van der Waals surface area (Å²) in [6.45, 7) is 14.0. The second-order valence-corrected chi connectivity index (χ2v) is 8.77. The molecule has 2 aliphatic rings. The normalized spacial score (nSPS) is 26.0. The van der Waals surface area contributed by atoms with Crippen LogP contribution in [-0.4, -0.2) is 19.2 Å². The highest BCUT2D eigenvalue weighted by Crippen LogP contribution is 2.56. The number of carbonyl (C=O) groups is 1. The highest BCUT2D eigenvalue weighted by atomic mass is 16.5. The molecule has 1 saturated carbocycles. The molecule has 1 aromatic carbocycles. The number of benzene rings is 1. The van der Waals surface area contributed by atoms with E-state index in [2.05, 4.69) is 45.9 Å². The van der Waals surface area contributed by atoms with Crippen LogP contribution in [-0.2, 0) is 26.8 Å². The smallest absolute Gasteiger partial charge is 0.330 e. The van der Waals surface area contributed by atoms with Crippen LogP contribution in [0.4, 0.5) is 0 Å². The third kappa shape index (κ3) is 3.83. The van der Waals surface area contributed by atoms with Crippen LogP contribution in [0.25, 0.3) is 0 Å². The lowest BCUT2D eigenvalue weighted by Gasteiger charge is -2.20. The van der Waals surface area contributed by atoms with E-state index in [9.17, 15) is 4.79 Å². The van der Waals surface area contributed by atoms with Gasteiger partial charge in [0.2, 0.25) is 0 Å². The van der Waals surface area contributed by atoms with Gasteiger partial charge in [-0.25, -0.2) is 4.79 Å². The number of fused-ring (bicyclic) bond motifs is 1. The van der Waals surface area contributed by atoms with Crippen LogP contribution < -0.4 is 4.74 Å². The first-order valence-corrected chi connectivity index (χ1v) is 10.0. The number of hydrogen-bond acceptors (Lipinski definition) is 3. The molecule has 1 heterocycles. The van der Waals surface area contributed by atoms with Crippen molar-refractivity contribution < 1.29 is 14.3 Å². The molecule has 1 aromatic rings. The topological polar surface area (TPSA) is 35.5 Å². The SMILES string of the molecule is CCOC(=O)/C=C(C)/C=C/[C@@H]1C[C@]1(C)c1cc(CC)c2c(c1)C(C)(C)CO2. The summed E-state index contributed by atoms with van der Waals surface area (Å²) in [5.74, 6) is 1.33. The van der Waals surface area contributed by atoms with Crippen molar-refractivity contribution in [2.75, 3.05) is 13.2 Å². The number of carbonyl (C=O) groups excluding carboxylic acids is 1. The lowest BCUT2D eigenvalue weighted by atomic mass is 9.82. The highest BCUT2D eigenvalue weighted by molar-refractivity contribution is 5.83. The maximum absolute atomic E-state index is 11.6. The van der Waals surface area contributed by atoms with Crippen LogP contribution in [0.2, 0.25) is 0 Å². The Labute approximate surface area is 163 Å². The van der Waals surface area contributed by atoms with E-state index >= 15 is 0 Å². The van der Waals surface area contributed by atoms with Gasteiger partial charge in [0.25, 0.3) is 0 Å². The number of esters is 1. The van der Waals surface area contributed by atoms with Gasteiger partial charge in [-0.2, -0.15) is 0 Å². The van der Waals surface area contributed by atoms with Gasteiger partial charge in [0.05, 0.1) is 13.2 Å². The van der Waals surface area contributed by atoms with Crippen molar-refractivity contribution in [2.45, 2.75) is 65.2 Å². The molecule has 3 heteroatoms. The first-order chi connectivity index (χ1) is 12.7. The zero-order valence-electron chi connectivity index (χ0n) is 17.5. The van der Waals surface area contributed by atoms with Crippen molar-refractivity contribution in [1.29, 1.82) is 0 Å². The van der Waals surface area contributed by atoms with Gasteiger partial charge in [0, 0.05) is 17.1 Å². The van der Waals surface area contributed by atoms with Gasteiger partial charge in [0.15, 0.2) is 0 Å². The Morgan fingerprint density at radius 1 is 1.30 bits per heavy atom. The maximum Gasteiger partial charge on any atom is 0.330 e. The molecule has 146 valence electrons. The monoisotopic (exact) mass is 368 g/mol. The average molecular weight is 369 g/mol. The van der Waals surface area contributed by atoms with Crippen molar-refractivity contribution in [3.63, 3.8) is 0 Å². The minimum Gasteiger partial charge on any atom is -0.492 e. The minimum atomic E-state index is -0.272. The molecule has 0 N–H and O–H groups in total. The average Bonchev–Trinajstić information content (AvgIpc) is 3.18. The second kappa shape index (κ2) is 7.18. The van der Waals surface area contributed by atoms with Gasteiger partial charge in [-0.15, -0.1) is 0 Å². The van der Waals surface area contributed by atoms with E-state index < -0.39 is 0 Å². The fraction of sp³-hybridized carbons (Fsp3) is 0.542. The molecule has 2 atom stereocenters. The van der Waals surface area contributed by atoms with Crippen LogP contribution in [0.1, 0.15) is 64.7 Å². The summed E-state index contributed by atoms with van der Waals surface area (Å²) in [5, 5.41) is 0. The largest absolute Gasteiger partial charge is 0.492 e. The minimum absolute atomic E-state index is 0.0742. The van der Waals surface area contributed by atoms with E-state index in [1.165, 1.54) is 16.7 Å². The summed E-state index contributed by atoms with van der Waals surface area (Å²) in [4.78, 5) is 11.6. The molecule has 27 heavy (non-hydrogen) atoms. The lowest BCUT2D eigenvalue weighted by Crippen LogP contribution is -2.18. The van der Waals surface area contributed by atoms with Crippen molar-refractivity contribution in [3.8, 4) is 5.75 Å². The Kier molecular flexibility index (Phi) is 5.24. The van der Waals surface area contributed by atoms with Crippen LogP contribution in [0, 0.1) is 5.92 Å². The number of rotatable bonds is 6. The van der Waals surface area contributed by atoms with E-state index in [1.54, 1.807) is 6.08 Å². The predicted molar refractivity (Wildman–Crippen MR) is 109 cm³/mol. The molecule has 1 aliphatic carbocycles.